The van der Waals surface area contributed by atoms with Gasteiger partial charge in [-0.15, -0.1) is 0 Å². The van der Waals surface area contributed by atoms with Gasteiger partial charge in [-0.3, -0.25) is 9.59 Å². The number of carbonyl (C=O) groups excluding carboxylic acids is 2. The van der Waals surface area contributed by atoms with Crippen molar-refractivity contribution in [3.63, 3.8) is 0 Å². The third kappa shape index (κ3) is 5.01. The molecule has 9 heteroatoms. The molecule has 0 saturated carbocycles. The van der Waals surface area contributed by atoms with Crippen LogP contribution < -0.4 is 15.2 Å². The SMILES string of the molecule is CC(=O)c1ccc(OCc2ccc(-c3nc(-c4ccc(OCC(N)=O)cc4)no3)o2)cc1. The molecule has 2 heterocycles. The summed E-state index contributed by atoms with van der Waals surface area (Å²) in [6.45, 7) is 1.52. The molecule has 9 nitrogen and oxygen atoms in total. The molecule has 0 spiro atoms. The molecular formula is C23H19N3O6. The molecule has 1 amide bonds. The lowest BCUT2D eigenvalue weighted by atomic mass is 10.1. The summed E-state index contributed by atoms with van der Waals surface area (Å²) in [7, 11) is 0. The molecule has 0 aliphatic carbocycles. The maximum Gasteiger partial charge on any atom is 0.293 e. The van der Waals surface area contributed by atoms with Gasteiger partial charge >= 0.3 is 0 Å². The molecule has 0 radical (unpaired) electrons. The number of aromatic nitrogens is 2. The second kappa shape index (κ2) is 9.17. The number of nitrogens with zero attached hydrogens (tertiary/aromatic N) is 2. The minimum atomic E-state index is -0.550. The van der Waals surface area contributed by atoms with Gasteiger partial charge in [-0.1, -0.05) is 5.16 Å². The zero-order valence-electron chi connectivity index (χ0n) is 17.1. The first-order chi connectivity index (χ1) is 15.5. The Bertz CT molecular complexity index is 1230. The Kier molecular flexibility index (Phi) is 5.98. The van der Waals surface area contributed by atoms with Gasteiger partial charge in [0.1, 0.15) is 23.9 Å². The van der Waals surface area contributed by atoms with E-state index < -0.39 is 5.91 Å². The smallest absolute Gasteiger partial charge is 0.293 e. The van der Waals surface area contributed by atoms with E-state index in [9.17, 15) is 9.59 Å². The minimum absolute atomic E-state index is 0.00138. The molecule has 0 aliphatic rings. The number of primary amides is 1. The normalized spacial score (nSPS) is 10.7. The zero-order valence-corrected chi connectivity index (χ0v) is 17.1. The number of furan rings is 1. The van der Waals surface area contributed by atoms with Crippen LogP contribution in [-0.4, -0.2) is 28.4 Å². The monoisotopic (exact) mass is 433 g/mol. The van der Waals surface area contributed by atoms with Gasteiger partial charge in [-0.2, -0.15) is 4.98 Å². The molecule has 162 valence electrons. The van der Waals surface area contributed by atoms with E-state index in [4.69, 9.17) is 24.1 Å². The molecule has 2 aromatic carbocycles. The molecule has 0 fully saturated rings. The van der Waals surface area contributed by atoms with Crippen molar-refractivity contribution in [1.29, 1.82) is 0 Å². The fourth-order valence-corrected chi connectivity index (χ4v) is 2.81. The minimum Gasteiger partial charge on any atom is -0.486 e. The standard InChI is InChI=1S/C23H19N3O6/c1-14(27)15-2-6-17(7-3-15)29-12-19-10-11-20(31-19)23-25-22(26-32-23)16-4-8-18(9-5-16)30-13-21(24)28/h2-11H,12-13H2,1H3,(H2,24,28). The van der Waals surface area contributed by atoms with Crippen molar-refractivity contribution in [3.05, 3.63) is 72.0 Å². The van der Waals surface area contributed by atoms with Crippen LogP contribution in [0.15, 0.2) is 69.6 Å². The predicted molar refractivity (Wildman–Crippen MR) is 113 cm³/mol. The first-order valence-electron chi connectivity index (χ1n) is 9.66. The van der Waals surface area contributed by atoms with Gasteiger partial charge in [0.25, 0.3) is 11.8 Å². The van der Waals surface area contributed by atoms with Crippen molar-refractivity contribution >= 4 is 11.7 Å². The van der Waals surface area contributed by atoms with Gasteiger partial charge in [-0.05, 0) is 67.6 Å². The highest BCUT2D eigenvalue weighted by Gasteiger charge is 2.15. The number of ether oxygens (including phenoxy) is 2. The lowest BCUT2D eigenvalue weighted by Gasteiger charge is -2.04. The maximum atomic E-state index is 11.3. The van der Waals surface area contributed by atoms with Gasteiger partial charge in [0.15, 0.2) is 18.2 Å². The van der Waals surface area contributed by atoms with Crippen molar-refractivity contribution in [2.45, 2.75) is 13.5 Å². The third-order valence-corrected chi connectivity index (χ3v) is 4.43. The highest BCUT2D eigenvalue weighted by atomic mass is 16.5. The Balaban J connectivity index is 1.38. The second-order valence-corrected chi connectivity index (χ2v) is 6.84. The lowest BCUT2D eigenvalue weighted by Crippen LogP contribution is -2.19. The van der Waals surface area contributed by atoms with Crippen molar-refractivity contribution < 1.29 is 28.0 Å². The van der Waals surface area contributed by atoms with Crippen LogP contribution in [-0.2, 0) is 11.4 Å². The van der Waals surface area contributed by atoms with Gasteiger partial charge in [0.05, 0.1) is 0 Å². The first-order valence-corrected chi connectivity index (χ1v) is 9.66. The molecule has 0 bridgehead atoms. The molecule has 4 aromatic rings. The van der Waals surface area contributed by atoms with Crippen LogP contribution in [0.3, 0.4) is 0 Å². The van der Waals surface area contributed by atoms with Gasteiger partial charge < -0.3 is 24.1 Å². The quantitative estimate of drug-likeness (QED) is 0.396. The summed E-state index contributed by atoms with van der Waals surface area (Å²) >= 11 is 0. The summed E-state index contributed by atoms with van der Waals surface area (Å²) in [5.74, 6) is 2.16. The number of nitrogens with two attached hydrogens (primary N) is 1. The molecule has 4 rings (SSSR count). The average Bonchev–Trinajstić information content (AvgIpc) is 3.47. The Morgan fingerprint density at radius 1 is 0.938 bits per heavy atom. The number of amides is 1. The van der Waals surface area contributed by atoms with Gasteiger partial charge in [0, 0.05) is 11.1 Å². The van der Waals surface area contributed by atoms with Crippen molar-refractivity contribution in [1.82, 2.24) is 10.1 Å². The predicted octanol–water partition coefficient (Wildman–Crippen LogP) is 3.64. The molecule has 0 aliphatic heterocycles. The van der Waals surface area contributed by atoms with Crippen LogP contribution in [0.4, 0.5) is 0 Å². The lowest BCUT2D eigenvalue weighted by molar-refractivity contribution is -0.119. The summed E-state index contributed by atoms with van der Waals surface area (Å²) in [4.78, 5) is 26.5. The van der Waals surface area contributed by atoms with E-state index in [0.29, 0.717) is 40.0 Å². The van der Waals surface area contributed by atoms with E-state index in [1.807, 2.05) is 0 Å². The number of hydrogen-bond acceptors (Lipinski definition) is 8. The van der Waals surface area contributed by atoms with E-state index >= 15 is 0 Å². The largest absolute Gasteiger partial charge is 0.486 e. The van der Waals surface area contributed by atoms with Crippen LogP contribution >= 0.6 is 0 Å². The molecular weight excluding hydrogens is 414 g/mol. The van der Waals surface area contributed by atoms with Crippen molar-refractivity contribution in [2.24, 2.45) is 5.73 Å². The summed E-state index contributed by atoms with van der Waals surface area (Å²) in [5, 5.41) is 3.97. The van der Waals surface area contributed by atoms with Crippen LogP contribution in [0, 0.1) is 0 Å². The average molecular weight is 433 g/mol. The number of ketones is 1. The molecule has 0 unspecified atom stereocenters. The number of rotatable bonds is 9. The van der Waals surface area contributed by atoms with E-state index in [0.717, 1.165) is 0 Å². The Labute approximate surface area is 182 Å². The second-order valence-electron chi connectivity index (χ2n) is 6.84. The van der Waals surface area contributed by atoms with Crippen molar-refractivity contribution in [2.75, 3.05) is 6.61 Å². The Hall–Kier alpha value is -4.40. The van der Waals surface area contributed by atoms with E-state index in [2.05, 4.69) is 10.1 Å². The summed E-state index contributed by atoms with van der Waals surface area (Å²) in [6, 6.07) is 17.2. The third-order valence-electron chi connectivity index (χ3n) is 4.43. The number of hydrogen-bond donors (Lipinski definition) is 1. The van der Waals surface area contributed by atoms with E-state index in [1.54, 1.807) is 60.7 Å². The van der Waals surface area contributed by atoms with E-state index in [-0.39, 0.29) is 24.9 Å². The summed E-state index contributed by atoms with van der Waals surface area (Å²) in [5.41, 5.74) is 6.39. The van der Waals surface area contributed by atoms with Crippen molar-refractivity contribution in [3.8, 4) is 34.5 Å². The number of benzene rings is 2. The Morgan fingerprint density at radius 2 is 1.62 bits per heavy atom. The van der Waals surface area contributed by atoms with Gasteiger partial charge in [0.2, 0.25) is 5.82 Å². The van der Waals surface area contributed by atoms with Gasteiger partial charge in [-0.25, -0.2) is 0 Å². The summed E-state index contributed by atoms with van der Waals surface area (Å²) in [6.07, 6.45) is 0. The number of Topliss-reactive ketones (excluding diaryl/α,β-unsaturated/α-hetero) is 1. The fourth-order valence-electron chi connectivity index (χ4n) is 2.81. The molecule has 2 aromatic heterocycles. The van der Waals surface area contributed by atoms with Crippen LogP contribution in [0.2, 0.25) is 0 Å². The Morgan fingerprint density at radius 3 is 2.31 bits per heavy atom. The maximum absolute atomic E-state index is 11.3. The zero-order chi connectivity index (χ0) is 22.5. The highest BCUT2D eigenvalue weighted by Crippen LogP contribution is 2.26. The molecule has 0 atom stereocenters. The van der Waals surface area contributed by atoms with Crippen LogP contribution in [0.25, 0.3) is 23.0 Å². The highest BCUT2D eigenvalue weighted by molar-refractivity contribution is 5.94. The van der Waals surface area contributed by atoms with Crippen LogP contribution in [0.5, 0.6) is 11.5 Å². The van der Waals surface area contributed by atoms with Crippen LogP contribution in [0.1, 0.15) is 23.0 Å². The molecule has 0 saturated heterocycles. The number of carbonyl (C=O) groups is 2. The molecule has 2 N–H and O–H groups in total. The molecule has 32 heavy (non-hydrogen) atoms. The van der Waals surface area contributed by atoms with E-state index in [1.165, 1.54) is 6.92 Å². The first kappa shape index (κ1) is 20.9. The fraction of sp³-hybridized carbons (Fsp3) is 0.130. The topological polar surface area (TPSA) is 131 Å². The summed E-state index contributed by atoms with van der Waals surface area (Å²) < 4.78 is 22.0.